The number of aliphatic hydroxyl groups is 1. The number of hydrogen-bond acceptors (Lipinski definition) is 8. The molecule has 4 aliphatic rings. The topological polar surface area (TPSA) is 135 Å². The van der Waals surface area contributed by atoms with Crippen LogP contribution in [0.15, 0.2) is 95.5 Å². The molecule has 2 N–H and O–H groups in total. The number of ether oxygens (including phenoxy) is 3. The van der Waals surface area contributed by atoms with Gasteiger partial charge in [0.15, 0.2) is 0 Å². The van der Waals surface area contributed by atoms with E-state index in [0.29, 0.717) is 35.0 Å². The number of carbonyl (C=O) groups excluding carboxylic acids is 4. The fourth-order valence-corrected chi connectivity index (χ4v) is 9.21. The third-order valence-corrected chi connectivity index (χ3v) is 11.7. The largest absolute Gasteiger partial charge is 0.455 e. The summed E-state index contributed by atoms with van der Waals surface area (Å²) >= 11 is 3.65. The number of benzene rings is 3. The number of likely N-dealkylation sites (tertiary alicyclic amines) is 1. The van der Waals surface area contributed by atoms with Crippen LogP contribution in [0.1, 0.15) is 50.2 Å². The van der Waals surface area contributed by atoms with Crippen LogP contribution in [0.25, 0.3) is 10.8 Å². The van der Waals surface area contributed by atoms with Gasteiger partial charge in [-0.25, -0.2) is 0 Å². The second kappa shape index (κ2) is 16.6. The van der Waals surface area contributed by atoms with Crippen molar-refractivity contribution in [1.29, 1.82) is 0 Å². The van der Waals surface area contributed by atoms with Gasteiger partial charge in [-0.05, 0) is 53.8 Å². The summed E-state index contributed by atoms with van der Waals surface area (Å²) in [5.41, 5.74) is -0.142. The van der Waals surface area contributed by atoms with E-state index in [1.165, 1.54) is 7.11 Å². The quantitative estimate of drug-likeness (QED) is 0.159. The van der Waals surface area contributed by atoms with Gasteiger partial charge in [-0.2, -0.15) is 0 Å². The summed E-state index contributed by atoms with van der Waals surface area (Å²) in [5, 5.41) is 14.4. The Morgan fingerprint density at radius 1 is 0.907 bits per heavy atom. The van der Waals surface area contributed by atoms with Crippen LogP contribution in [0.4, 0.5) is 5.69 Å². The first-order chi connectivity index (χ1) is 26.3. The number of cyclic esters (lactones) is 1. The Morgan fingerprint density at radius 3 is 2.44 bits per heavy atom. The zero-order chi connectivity index (χ0) is 37.8. The van der Waals surface area contributed by atoms with Gasteiger partial charge in [0.2, 0.25) is 11.8 Å². The highest BCUT2D eigenvalue weighted by Crippen LogP contribution is 2.59. The molecule has 3 amide bonds. The molecular formula is C42H46BrN3O8. The first-order valence-corrected chi connectivity index (χ1v) is 19.5. The molecule has 12 heteroatoms. The Kier molecular flexibility index (Phi) is 11.6. The lowest BCUT2D eigenvalue weighted by atomic mass is 9.74. The molecule has 2 saturated heterocycles. The fourth-order valence-electron chi connectivity index (χ4n) is 8.47. The van der Waals surface area contributed by atoms with Gasteiger partial charge in [0, 0.05) is 43.4 Å². The number of fused-ring (bicyclic) bond motifs is 3. The molecule has 3 aromatic rings. The van der Waals surface area contributed by atoms with Crippen LogP contribution in [0, 0.1) is 11.8 Å². The first kappa shape index (κ1) is 37.9. The lowest BCUT2D eigenvalue weighted by Gasteiger charge is -2.36. The second-order valence-electron chi connectivity index (χ2n) is 14.4. The van der Waals surface area contributed by atoms with Crippen molar-refractivity contribution < 1.29 is 38.5 Å². The summed E-state index contributed by atoms with van der Waals surface area (Å²) in [6.45, 7) is 0.600. The number of halogens is 1. The number of methoxy groups -OCH3 is 1. The molecule has 11 nitrogen and oxygen atoms in total. The number of carbonyl (C=O) groups is 4. The molecule has 4 aliphatic heterocycles. The maximum atomic E-state index is 15.3. The molecule has 54 heavy (non-hydrogen) atoms. The molecule has 0 saturated carbocycles. The van der Waals surface area contributed by atoms with E-state index in [1.807, 2.05) is 91.0 Å². The smallest absolute Gasteiger partial charge is 0.313 e. The molecule has 0 unspecified atom stereocenters. The van der Waals surface area contributed by atoms with Gasteiger partial charge in [-0.3, -0.25) is 19.2 Å². The van der Waals surface area contributed by atoms with Crippen LogP contribution in [-0.4, -0.2) is 90.9 Å². The Labute approximate surface area is 323 Å². The minimum absolute atomic E-state index is 0.0657. The fraction of sp³-hybridized carbons (Fsp3) is 0.429. The average Bonchev–Trinajstić information content (AvgIpc) is 3.77. The van der Waals surface area contributed by atoms with Crippen LogP contribution < -0.4 is 10.2 Å². The Morgan fingerprint density at radius 2 is 1.67 bits per heavy atom. The van der Waals surface area contributed by atoms with E-state index < -0.39 is 47.7 Å². The number of amides is 3. The number of allylic oxidation sites excluding steroid dienone is 1. The molecule has 284 valence electrons. The molecular weight excluding hydrogens is 754 g/mol. The summed E-state index contributed by atoms with van der Waals surface area (Å²) in [5.74, 6) is -3.69. The van der Waals surface area contributed by atoms with Crippen molar-refractivity contribution in [2.24, 2.45) is 11.8 Å². The number of unbranched alkanes of at least 4 members (excludes halogenated alkanes) is 3. The minimum Gasteiger partial charge on any atom is -0.455 e. The second-order valence-corrected chi connectivity index (χ2v) is 15.3. The van der Waals surface area contributed by atoms with Gasteiger partial charge in [-0.15, -0.1) is 0 Å². The predicted molar refractivity (Wildman–Crippen MR) is 206 cm³/mol. The van der Waals surface area contributed by atoms with E-state index in [1.54, 1.807) is 9.80 Å². The Balaban J connectivity index is 1.33. The van der Waals surface area contributed by atoms with E-state index in [4.69, 9.17) is 14.2 Å². The normalized spacial score (nSPS) is 29.3. The van der Waals surface area contributed by atoms with Crippen LogP contribution in [0.5, 0.6) is 0 Å². The molecule has 2 fully saturated rings. The maximum absolute atomic E-state index is 15.3. The molecule has 4 heterocycles. The molecule has 1 spiro atoms. The summed E-state index contributed by atoms with van der Waals surface area (Å²) in [6.07, 6.45) is 7.11. The molecule has 5 bridgehead atoms. The third kappa shape index (κ3) is 7.24. The monoisotopic (exact) mass is 799 g/mol. The molecule has 7 rings (SSSR count). The highest BCUT2D eigenvalue weighted by atomic mass is 79.9. The van der Waals surface area contributed by atoms with Gasteiger partial charge in [0.25, 0.3) is 5.91 Å². The van der Waals surface area contributed by atoms with Gasteiger partial charge in [0.05, 0.1) is 18.6 Å². The molecule has 0 radical (unpaired) electrons. The number of hydrogen-bond donors (Lipinski definition) is 2. The summed E-state index contributed by atoms with van der Waals surface area (Å²) < 4.78 is 19.2. The maximum Gasteiger partial charge on any atom is 0.313 e. The van der Waals surface area contributed by atoms with Crippen LogP contribution in [-0.2, 0) is 33.4 Å². The zero-order valence-corrected chi connectivity index (χ0v) is 31.9. The molecule has 0 aliphatic carbocycles. The predicted octanol–water partition coefficient (Wildman–Crippen LogP) is 5.36. The van der Waals surface area contributed by atoms with Crippen molar-refractivity contribution in [3.05, 3.63) is 101 Å². The highest BCUT2D eigenvalue weighted by molar-refractivity contribution is 9.11. The number of nitrogens with one attached hydrogen (secondary N) is 1. The minimum atomic E-state index is -1.44. The van der Waals surface area contributed by atoms with Crippen molar-refractivity contribution in [1.82, 2.24) is 10.2 Å². The SMILES string of the molecule is COC[C@H]1NC(=O)CC/C=C\CN(c2ccc3ccccc3c2)C(=O)[C@@H]2N(CCCCCCO)C(=O)[C@H]3[C@H](C(=O)O[C@@H]1c1ccccc1)[C@H]1O[C@@]23C=C1Br. The molecule has 0 aromatic heterocycles. The van der Waals surface area contributed by atoms with Gasteiger partial charge < -0.3 is 34.4 Å². The lowest BCUT2D eigenvalue weighted by molar-refractivity contribution is -0.162. The van der Waals surface area contributed by atoms with Gasteiger partial charge in [0.1, 0.15) is 29.8 Å². The third-order valence-electron chi connectivity index (χ3n) is 11.0. The number of anilines is 1. The number of nitrogens with zero attached hydrogens (tertiary/aromatic N) is 2. The number of aliphatic hydroxyl groups excluding tert-OH is 1. The van der Waals surface area contributed by atoms with Crippen molar-refractivity contribution in [2.45, 2.75) is 68.4 Å². The first-order valence-electron chi connectivity index (χ1n) is 18.7. The van der Waals surface area contributed by atoms with E-state index >= 15 is 4.79 Å². The summed E-state index contributed by atoms with van der Waals surface area (Å²) in [7, 11) is 1.52. The summed E-state index contributed by atoms with van der Waals surface area (Å²) in [6, 6.07) is 21.1. The lowest BCUT2D eigenvalue weighted by Crippen LogP contribution is -2.56. The van der Waals surface area contributed by atoms with Crippen molar-refractivity contribution in [3.63, 3.8) is 0 Å². The van der Waals surface area contributed by atoms with Crippen molar-refractivity contribution >= 4 is 56.1 Å². The molecule has 3 aromatic carbocycles. The van der Waals surface area contributed by atoms with E-state index in [0.717, 1.165) is 23.6 Å². The number of rotatable bonds is 10. The number of esters is 1. The highest BCUT2D eigenvalue weighted by Gasteiger charge is 2.75. The van der Waals surface area contributed by atoms with E-state index in [9.17, 15) is 19.5 Å². The standard InChI is InChI=1S/C42H46BrN3O8/c1-52-26-32-36(28-15-6-4-7-16-28)53-41(51)34-35-39(49)46(22-11-2-3-13-23-47)38(42(35)25-31(43)37(34)54-42)40(50)45(21-12-5-8-18-33(48)44-32)30-20-19-27-14-9-10-17-29(27)24-30/h4-7,9-10,12,14-17,19-20,24-25,32,34-38,47H,2-3,8,11,13,18,21-23,26H2,1H3,(H,44,48)/b12-5-/t32-,34+,35-,36-,37+,38+,42-/m1/s1. The van der Waals surface area contributed by atoms with Crippen molar-refractivity contribution in [2.75, 3.05) is 38.3 Å². The van der Waals surface area contributed by atoms with Crippen LogP contribution >= 0.6 is 15.9 Å². The van der Waals surface area contributed by atoms with Gasteiger partial charge in [-0.1, -0.05) is 102 Å². The summed E-state index contributed by atoms with van der Waals surface area (Å²) in [4.78, 5) is 61.3. The Hall–Kier alpha value is -4.36. The van der Waals surface area contributed by atoms with Gasteiger partial charge >= 0.3 is 5.97 Å². The zero-order valence-electron chi connectivity index (χ0n) is 30.3. The Bertz CT molecular complexity index is 1940. The average molecular weight is 801 g/mol. The van der Waals surface area contributed by atoms with E-state index in [-0.39, 0.29) is 50.4 Å². The molecule has 7 atom stereocenters. The van der Waals surface area contributed by atoms with Crippen molar-refractivity contribution in [3.8, 4) is 0 Å². The van der Waals surface area contributed by atoms with Crippen LogP contribution in [0.2, 0.25) is 0 Å². The van der Waals surface area contributed by atoms with Crippen LogP contribution in [0.3, 0.4) is 0 Å². The van der Waals surface area contributed by atoms with E-state index in [2.05, 4.69) is 21.2 Å².